The highest BCUT2D eigenvalue weighted by Crippen LogP contribution is 2.24. The minimum absolute atomic E-state index is 0.00617. The van der Waals surface area contributed by atoms with Gasteiger partial charge in [-0.3, -0.25) is 0 Å². The summed E-state index contributed by atoms with van der Waals surface area (Å²) in [5.74, 6) is 0. The molecule has 0 saturated heterocycles. The summed E-state index contributed by atoms with van der Waals surface area (Å²) in [6.45, 7) is 7.98. The monoisotopic (exact) mass is 274 g/mol. The second-order valence-corrected chi connectivity index (χ2v) is 5.61. The lowest BCUT2D eigenvalue weighted by Gasteiger charge is -2.07. The van der Waals surface area contributed by atoms with E-state index in [-0.39, 0.29) is 6.04 Å². The van der Waals surface area contributed by atoms with E-state index in [0.29, 0.717) is 0 Å². The minimum Gasteiger partial charge on any atom is -0.324 e. The Balaban J connectivity index is 2.21. The molecule has 0 bridgehead atoms. The lowest BCUT2D eigenvalue weighted by Crippen LogP contribution is -2.05. The molecule has 0 saturated carbocycles. The summed E-state index contributed by atoms with van der Waals surface area (Å²) in [6.07, 6.45) is 1.81. The fourth-order valence-electron chi connectivity index (χ4n) is 1.60. The van der Waals surface area contributed by atoms with Crippen molar-refractivity contribution in [2.24, 2.45) is 5.73 Å². The summed E-state index contributed by atoms with van der Waals surface area (Å²) in [6, 6.07) is 3.96. The molecule has 1 unspecified atom stereocenters. The Bertz CT molecular complexity index is 555. The summed E-state index contributed by atoms with van der Waals surface area (Å²) in [5.41, 5.74) is 10.0. The van der Waals surface area contributed by atoms with Crippen LogP contribution in [-0.4, -0.2) is 15.0 Å². The van der Waals surface area contributed by atoms with Crippen LogP contribution in [0.15, 0.2) is 28.5 Å². The molecular weight excluding hydrogens is 256 g/mol. The van der Waals surface area contributed by atoms with Gasteiger partial charge in [-0.2, -0.15) is 0 Å². The molecule has 0 aliphatic rings. The standard InChI is InChI=1S/C14H18N4S/c1-8-10(3)17-14(18-11(8)4)19-13-6-5-12(7-16-13)9(2)15/h5-7,9H,15H2,1-4H3. The van der Waals surface area contributed by atoms with Gasteiger partial charge in [0.15, 0.2) is 5.16 Å². The molecular formula is C14H18N4S. The van der Waals surface area contributed by atoms with Crippen LogP contribution in [0.5, 0.6) is 0 Å². The van der Waals surface area contributed by atoms with Gasteiger partial charge in [0, 0.05) is 23.6 Å². The number of hydrogen-bond donors (Lipinski definition) is 1. The number of nitrogens with two attached hydrogens (primary N) is 1. The molecule has 2 aromatic rings. The first-order chi connectivity index (χ1) is 8.97. The highest BCUT2D eigenvalue weighted by atomic mass is 32.2. The Morgan fingerprint density at radius 3 is 2.21 bits per heavy atom. The Morgan fingerprint density at radius 1 is 1.11 bits per heavy atom. The fraction of sp³-hybridized carbons (Fsp3) is 0.357. The molecule has 0 amide bonds. The van der Waals surface area contributed by atoms with Crippen molar-refractivity contribution in [3.8, 4) is 0 Å². The molecule has 0 aliphatic heterocycles. The molecule has 2 N–H and O–H groups in total. The molecule has 0 fully saturated rings. The fourth-order valence-corrected chi connectivity index (χ4v) is 2.40. The van der Waals surface area contributed by atoms with Crippen LogP contribution in [0.4, 0.5) is 0 Å². The highest BCUT2D eigenvalue weighted by Gasteiger charge is 2.07. The highest BCUT2D eigenvalue weighted by molar-refractivity contribution is 7.99. The Kier molecular flexibility index (Phi) is 4.17. The molecule has 0 aliphatic carbocycles. The number of pyridine rings is 1. The third-order valence-electron chi connectivity index (χ3n) is 3.09. The van der Waals surface area contributed by atoms with E-state index in [1.807, 2.05) is 39.8 Å². The summed E-state index contributed by atoms with van der Waals surface area (Å²) in [5, 5.41) is 1.62. The lowest BCUT2D eigenvalue weighted by atomic mass is 10.2. The molecule has 5 heteroatoms. The second-order valence-electron chi connectivity index (χ2n) is 4.62. The van der Waals surface area contributed by atoms with Gasteiger partial charge in [0.2, 0.25) is 0 Å². The van der Waals surface area contributed by atoms with Crippen molar-refractivity contribution in [1.29, 1.82) is 0 Å². The van der Waals surface area contributed by atoms with Gasteiger partial charge in [0.1, 0.15) is 5.03 Å². The minimum atomic E-state index is 0.00617. The molecule has 2 heterocycles. The SMILES string of the molecule is Cc1nc(Sc2ccc(C(C)N)cn2)nc(C)c1C. The van der Waals surface area contributed by atoms with Gasteiger partial charge in [-0.25, -0.2) is 15.0 Å². The van der Waals surface area contributed by atoms with E-state index in [1.165, 1.54) is 11.8 Å². The number of nitrogens with zero attached hydrogens (tertiary/aromatic N) is 3. The van der Waals surface area contributed by atoms with Gasteiger partial charge in [-0.05, 0) is 56.7 Å². The Hall–Kier alpha value is -1.46. The van der Waals surface area contributed by atoms with E-state index in [2.05, 4.69) is 15.0 Å². The van der Waals surface area contributed by atoms with Crippen LogP contribution in [0, 0.1) is 20.8 Å². The van der Waals surface area contributed by atoms with Gasteiger partial charge < -0.3 is 5.73 Å². The van der Waals surface area contributed by atoms with E-state index >= 15 is 0 Å². The normalized spacial score (nSPS) is 12.5. The number of aromatic nitrogens is 3. The Labute approximate surface area is 117 Å². The predicted molar refractivity (Wildman–Crippen MR) is 77.2 cm³/mol. The van der Waals surface area contributed by atoms with Crippen molar-refractivity contribution in [3.63, 3.8) is 0 Å². The van der Waals surface area contributed by atoms with Crippen LogP contribution < -0.4 is 5.73 Å². The molecule has 4 nitrogen and oxygen atoms in total. The van der Waals surface area contributed by atoms with Crippen LogP contribution in [0.25, 0.3) is 0 Å². The average molecular weight is 274 g/mol. The second kappa shape index (κ2) is 5.67. The van der Waals surface area contributed by atoms with Crippen LogP contribution in [0.1, 0.15) is 35.5 Å². The first-order valence-electron chi connectivity index (χ1n) is 6.18. The zero-order valence-corrected chi connectivity index (χ0v) is 12.5. The van der Waals surface area contributed by atoms with E-state index in [9.17, 15) is 0 Å². The van der Waals surface area contributed by atoms with E-state index < -0.39 is 0 Å². The van der Waals surface area contributed by atoms with E-state index in [1.54, 1.807) is 6.20 Å². The molecule has 1 atom stereocenters. The predicted octanol–water partition coefficient (Wildman–Crippen LogP) is 2.97. The molecule has 19 heavy (non-hydrogen) atoms. The molecule has 0 spiro atoms. The number of rotatable bonds is 3. The first kappa shape index (κ1) is 14.0. The molecule has 2 rings (SSSR count). The maximum atomic E-state index is 5.80. The molecule has 0 radical (unpaired) electrons. The summed E-state index contributed by atoms with van der Waals surface area (Å²) >= 11 is 1.47. The Morgan fingerprint density at radius 2 is 1.74 bits per heavy atom. The zero-order valence-electron chi connectivity index (χ0n) is 11.6. The average Bonchev–Trinajstić information content (AvgIpc) is 2.36. The van der Waals surface area contributed by atoms with Gasteiger partial charge in [-0.1, -0.05) is 6.07 Å². The lowest BCUT2D eigenvalue weighted by molar-refractivity contribution is 0.805. The van der Waals surface area contributed by atoms with Gasteiger partial charge in [-0.15, -0.1) is 0 Å². The maximum Gasteiger partial charge on any atom is 0.194 e. The third kappa shape index (κ3) is 3.30. The molecule has 0 aromatic carbocycles. The van der Waals surface area contributed by atoms with Crippen LogP contribution in [0.3, 0.4) is 0 Å². The van der Waals surface area contributed by atoms with Crippen molar-refractivity contribution >= 4 is 11.8 Å². The van der Waals surface area contributed by atoms with Gasteiger partial charge >= 0.3 is 0 Å². The van der Waals surface area contributed by atoms with Crippen molar-refractivity contribution in [3.05, 3.63) is 40.8 Å². The van der Waals surface area contributed by atoms with Gasteiger partial charge in [0.25, 0.3) is 0 Å². The molecule has 100 valence electrons. The number of aryl methyl sites for hydroxylation is 2. The first-order valence-corrected chi connectivity index (χ1v) is 7.00. The van der Waals surface area contributed by atoms with Crippen LogP contribution in [0.2, 0.25) is 0 Å². The van der Waals surface area contributed by atoms with Gasteiger partial charge in [0.05, 0.1) is 0 Å². The zero-order chi connectivity index (χ0) is 14.0. The van der Waals surface area contributed by atoms with Crippen molar-refractivity contribution in [1.82, 2.24) is 15.0 Å². The summed E-state index contributed by atoms with van der Waals surface area (Å²) < 4.78 is 0. The topological polar surface area (TPSA) is 64.7 Å². The van der Waals surface area contributed by atoms with Crippen molar-refractivity contribution < 1.29 is 0 Å². The maximum absolute atomic E-state index is 5.80. The van der Waals surface area contributed by atoms with Crippen molar-refractivity contribution in [2.75, 3.05) is 0 Å². The van der Waals surface area contributed by atoms with E-state index in [4.69, 9.17) is 5.73 Å². The largest absolute Gasteiger partial charge is 0.324 e. The van der Waals surface area contributed by atoms with Crippen LogP contribution >= 0.6 is 11.8 Å². The smallest absolute Gasteiger partial charge is 0.194 e. The molecule has 2 aromatic heterocycles. The van der Waals surface area contributed by atoms with Crippen molar-refractivity contribution in [2.45, 2.75) is 43.9 Å². The van der Waals surface area contributed by atoms with Crippen LogP contribution in [-0.2, 0) is 0 Å². The summed E-state index contributed by atoms with van der Waals surface area (Å²) in [4.78, 5) is 13.3. The quantitative estimate of drug-likeness (QED) is 0.872. The van der Waals surface area contributed by atoms with E-state index in [0.717, 1.165) is 32.7 Å². The number of hydrogen-bond acceptors (Lipinski definition) is 5. The third-order valence-corrected chi connectivity index (χ3v) is 3.91. The summed E-state index contributed by atoms with van der Waals surface area (Å²) in [7, 11) is 0.